The van der Waals surface area contributed by atoms with Gasteiger partial charge in [-0.05, 0) is 55.3 Å². The molecule has 1 atom stereocenters. The smallest absolute Gasteiger partial charge is 0.338 e. The van der Waals surface area contributed by atoms with Crippen LogP contribution in [-0.4, -0.2) is 28.5 Å². The van der Waals surface area contributed by atoms with E-state index in [0.717, 1.165) is 22.0 Å². The summed E-state index contributed by atoms with van der Waals surface area (Å²) >= 11 is 7.77. The summed E-state index contributed by atoms with van der Waals surface area (Å²) in [6, 6.07) is 20.5. The van der Waals surface area contributed by atoms with Crippen molar-refractivity contribution in [2.45, 2.75) is 26.4 Å². The number of thiazole rings is 1. The second kappa shape index (κ2) is 10.9. The van der Waals surface area contributed by atoms with E-state index in [1.54, 1.807) is 24.5 Å². The summed E-state index contributed by atoms with van der Waals surface area (Å²) in [4.78, 5) is 32.6. The van der Waals surface area contributed by atoms with Gasteiger partial charge in [-0.2, -0.15) is 0 Å². The van der Waals surface area contributed by atoms with E-state index >= 15 is 0 Å². The van der Waals surface area contributed by atoms with Crippen molar-refractivity contribution in [3.63, 3.8) is 0 Å². The van der Waals surface area contributed by atoms with Gasteiger partial charge in [-0.25, -0.2) is 9.79 Å². The molecule has 0 spiro atoms. The number of allylic oxidation sites excluding steroid dienone is 1. The Morgan fingerprint density at radius 2 is 1.91 bits per heavy atom. The highest BCUT2D eigenvalue weighted by Crippen LogP contribution is 2.38. The molecule has 10 heteroatoms. The number of aromatic nitrogens is 2. The minimum absolute atomic E-state index is 0.116. The quantitative estimate of drug-likeness (QED) is 0.247. The van der Waals surface area contributed by atoms with Crippen LogP contribution in [0.3, 0.4) is 0 Å². The Morgan fingerprint density at radius 3 is 2.74 bits per heavy atom. The molecule has 0 fully saturated rings. The Morgan fingerprint density at radius 1 is 1.12 bits per heavy atom. The molecule has 0 aliphatic carbocycles. The molecule has 2 aliphatic heterocycles. The summed E-state index contributed by atoms with van der Waals surface area (Å²) in [6.07, 6.45) is 3.94. The number of carbonyl (C=O) groups is 1. The van der Waals surface area contributed by atoms with Crippen LogP contribution >= 0.6 is 22.9 Å². The lowest BCUT2D eigenvalue weighted by Gasteiger charge is -2.24. The van der Waals surface area contributed by atoms with Crippen molar-refractivity contribution in [3.8, 4) is 11.5 Å². The van der Waals surface area contributed by atoms with E-state index in [2.05, 4.69) is 10.6 Å². The molecule has 0 saturated heterocycles. The second-order valence-corrected chi connectivity index (χ2v) is 11.7. The molecule has 2 aromatic heterocycles. The van der Waals surface area contributed by atoms with E-state index in [1.807, 2.05) is 66.9 Å². The summed E-state index contributed by atoms with van der Waals surface area (Å²) in [5.41, 5.74) is 4.20. The molecule has 1 unspecified atom stereocenters. The topological polar surface area (TPSA) is 84.1 Å². The van der Waals surface area contributed by atoms with Crippen LogP contribution in [0.4, 0.5) is 0 Å². The maximum absolute atomic E-state index is 14.2. The predicted molar refractivity (Wildman–Crippen MR) is 165 cm³/mol. The van der Waals surface area contributed by atoms with E-state index in [9.17, 15) is 9.59 Å². The van der Waals surface area contributed by atoms with Crippen molar-refractivity contribution in [1.29, 1.82) is 0 Å². The maximum Gasteiger partial charge on any atom is 0.338 e. The molecule has 7 rings (SSSR count). The standard InChI is InChI=1S/C33H26ClN3O5S/c1-3-40-32(39)29-19(2)35-33-37(30(29)20-12-13-26-27(14-20)42-18-41-26)31(38)28(43-33)15-22-17-36(25-11-7-5-9-23(22)25)16-21-8-4-6-10-24(21)34/h4-15,17,30H,3,16,18H2,1-2H3. The van der Waals surface area contributed by atoms with Crippen LogP contribution in [0.25, 0.3) is 17.0 Å². The van der Waals surface area contributed by atoms with Crippen LogP contribution in [0.2, 0.25) is 5.02 Å². The number of nitrogens with zero attached hydrogens (tertiary/aromatic N) is 3. The molecule has 8 nitrogen and oxygen atoms in total. The number of ether oxygens (including phenoxy) is 3. The number of hydrogen-bond donors (Lipinski definition) is 0. The van der Waals surface area contributed by atoms with Crippen molar-refractivity contribution in [2.75, 3.05) is 13.4 Å². The van der Waals surface area contributed by atoms with E-state index in [0.29, 0.717) is 49.2 Å². The zero-order chi connectivity index (χ0) is 29.7. The zero-order valence-corrected chi connectivity index (χ0v) is 24.9. The van der Waals surface area contributed by atoms with Gasteiger partial charge in [0.05, 0.1) is 28.5 Å². The lowest BCUT2D eigenvalue weighted by Crippen LogP contribution is -2.39. The van der Waals surface area contributed by atoms with Gasteiger partial charge >= 0.3 is 5.97 Å². The fraction of sp³-hybridized carbons (Fsp3) is 0.182. The van der Waals surface area contributed by atoms with Crippen molar-refractivity contribution < 1.29 is 19.0 Å². The number of esters is 1. The van der Waals surface area contributed by atoms with Crippen molar-refractivity contribution >= 4 is 45.9 Å². The van der Waals surface area contributed by atoms with Crippen LogP contribution in [0.15, 0.2) is 94.0 Å². The van der Waals surface area contributed by atoms with Crippen LogP contribution in [-0.2, 0) is 16.1 Å². The first-order valence-corrected chi connectivity index (χ1v) is 15.0. The SMILES string of the molecule is CCOC(=O)C1=C(C)N=c2sc(=Cc3cn(Cc4ccccc4Cl)c4ccccc34)c(=O)n2C1c1ccc2c(c1)OCO2. The Hall–Kier alpha value is -4.60. The van der Waals surface area contributed by atoms with Gasteiger partial charge in [0, 0.05) is 34.2 Å². The van der Waals surface area contributed by atoms with Gasteiger partial charge in [-0.1, -0.05) is 65.4 Å². The number of hydrogen-bond acceptors (Lipinski definition) is 7. The minimum atomic E-state index is -0.742. The van der Waals surface area contributed by atoms with Crippen molar-refractivity contribution in [2.24, 2.45) is 4.99 Å². The minimum Gasteiger partial charge on any atom is -0.463 e. The lowest BCUT2D eigenvalue weighted by molar-refractivity contribution is -0.139. The molecular weight excluding hydrogens is 586 g/mol. The summed E-state index contributed by atoms with van der Waals surface area (Å²) in [5, 5.41) is 1.71. The molecule has 0 N–H and O–H groups in total. The Labute approximate surface area is 255 Å². The number of halogens is 1. The normalized spacial score (nSPS) is 16.0. The van der Waals surface area contributed by atoms with E-state index in [1.165, 1.54) is 11.3 Å². The third kappa shape index (κ3) is 4.74. The van der Waals surface area contributed by atoms with Crippen molar-refractivity contribution in [1.82, 2.24) is 9.13 Å². The van der Waals surface area contributed by atoms with Gasteiger partial charge in [-0.15, -0.1) is 0 Å². The molecule has 5 aromatic rings. The molecule has 0 saturated carbocycles. The van der Waals surface area contributed by atoms with Gasteiger partial charge < -0.3 is 18.8 Å². The fourth-order valence-corrected chi connectivity index (χ4v) is 6.90. The first-order chi connectivity index (χ1) is 20.9. The van der Waals surface area contributed by atoms with Crippen LogP contribution < -0.4 is 24.4 Å². The predicted octanol–water partition coefficient (Wildman–Crippen LogP) is 5.18. The van der Waals surface area contributed by atoms with Gasteiger partial charge in [-0.3, -0.25) is 9.36 Å². The van der Waals surface area contributed by atoms with E-state index in [4.69, 9.17) is 30.8 Å². The zero-order valence-electron chi connectivity index (χ0n) is 23.4. The number of rotatable bonds is 6. The van der Waals surface area contributed by atoms with E-state index in [-0.39, 0.29) is 19.0 Å². The largest absolute Gasteiger partial charge is 0.463 e. The highest BCUT2D eigenvalue weighted by Gasteiger charge is 2.34. The summed E-state index contributed by atoms with van der Waals surface area (Å²) in [6.45, 7) is 4.42. The van der Waals surface area contributed by atoms with Crippen molar-refractivity contribution in [3.05, 3.63) is 126 Å². The highest BCUT2D eigenvalue weighted by molar-refractivity contribution is 7.07. The van der Waals surface area contributed by atoms with Gasteiger partial charge in [0.25, 0.3) is 5.56 Å². The molecule has 3 aromatic carbocycles. The Bertz CT molecular complexity index is 2140. The molecule has 0 radical (unpaired) electrons. The molecule has 216 valence electrons. The maximum atomic E-state index is 14.2. The number of para-hydroxylation sites is 1. The Balaban J connectivity index is 1.39. The Kier molecular flexibility index (Phi) is 6.91. The van der Waals surface area contributed by atoms with Crippen LogP contribution in [0.5, 0.6) is 11.5 Å². The summed E-state index contributed by atoms with van der Waals surface area (Å²) < 4.78 is 20.7. The fourth-order valence-electron chi connectivity index (χ4n) is 5.66. The van der Waals surface area contributed by atoms with Crippen LogP contribution in [0.1, 0.15) is 36.6 Å². The summed E-state index contributed by atoms with van der Waals surface area (Å²) in [5.74, 6) is 0.662. The van der Waals surface area contributed by atoms with Gasteiger partial charge in [0.1, 0.15) is 0 Å². The molecular formula is C33H26ClN3O5S. The molecule has 0 amide bonds. The molecule has 2 aliphatic rings. The number of carbonyl (C=O) groups excluding carboxylic acids is 1. The van der Waals surface area contributed by atoms with Gasteiger partial charge in [0.15, 0.2) is 16.3 Å². The monoisotopic (exact) mass is 611 g/mol. The molecule has 0 bridgehead atoms. The first-order valence-electron chi connectivity index (χ1n) is 13.8. The van der Waals surface area contributed by atoms with E-state index < -0.39 is 12.0 Å². The average Bonchev–Trinajstić information content (AvgIpc) is 3.69. The third-order valence-corrected chi connectivity index (χ3v) is 8.99. The first kappa shape index (κ1) is 27.2. The summed E-state index contributed by atoms with van der Waals surface area (Å²) in [7, 11) is 0. The molecule has 43 heavy (non-hydrogen) atoms. The molecule has 4 heterocycles. The lowest BCUT2D eigenvalue weighted by atomic mass is 9.95. The number of benzene rings is 3. The van der Waals surface area contributed by atoms with Crippen LogP contribution in [0, 0.1) is 0 Å². The third-order valence-electron chi connectivity index (χ3n) is 7.63. The van der Waals surface area contributed by atoms with Gasteiger partial charge in [0.2, 0.25) is 6.79 Å². The average molecular weight is 612 g/mol. The second-order valence-electron chi connectivity index (χ2n) is 10.2. The highest BCUT2D eigenvalue weighted by atomic mass is 35.5. The number of fused-ring (bicyclic) bond motifs is 3.